The average molecular weight is 474 g/mol. The van der Waals surface area contributed by atoms with Gasteiger partial charge in [-0.25, -0.2) is 4.39 Å². The number of aromatic nitrogens is 1. The van der Waals surface area contributed by atoms with Crippen molar-refractivity contribution in [2.75, 3.05) is 6.61 Å². The fourth-order valence-electron chi connectivity index (χ4n) is 3.85. The van der Waals surface area contributed by atoms with Gasteiger partial charge in [0.1, 0.15) is 23.2 Å². The van der Waals surface area contributed by atoms with Crippen molar-refractivity contribution in [3.05, 3.63) is 89.0 Å². The molecule has 170 valence electrons. The third-order valence-electron chi connectivity index (χ3n) is 5.44. The first kappa shape index (κ1) is 21.8. The molecule has 3 heterocycles. The zero-order valence-corrected chi connectivity index (χ0v) is 19.3. The van der Waals surface area contributed by atoms with E-state index in [2.05, 4.69) is 10.1 Å². The van der Waals surface area contributed by atoms with Crippen LogP contribution in [-0.4, -0.2) is 38.1 Å². The molecule has 1 amide bonds. The first-order valence-corrected chi connectivity index (χ1v) is 11.3. The van der Waals surface area contributed by atoms with Crippen LogP contribution in [-0.2, 0) is 4.79 Å². The first-order chi connectivity index (χ1) is 16.4. The summed E-state index contributed by atoms with van der Waals surface area (Å²) in [5, 5.41) is 15.3. The predicted molar refractivity (Wildman–Crippen MR) is 132 cm³/mol. The van der Waals surface area contributed by atoms with E-state index in [0.29, 0.717) is 21.6 Å². The van der Waals surface area contributed by atoms with Gasteiger partial charge in [0.05, 0.1) is 5.57 Å². The van der Waals surface area contributed by atoms with Crippen LogP contribution >= 0.6 is 11.8 Å². The number of fused-ring (bicyclic) bond motifs is 1. The Morgan fingerprint density at radius 2 is 1.91 bits per heavy atom. The standard InChI is InChI=1S/C25H20FN5O2S/c1-15-11-17(16(2)30(15)19-8-6-7-18(26)13-19)12-21-23(27)31-25(28-24(21)32)34-22(29-31)14-33-20-9-4-3-5-10-20/h3-13,27H,14H2,1-2H3/b21-12+,27-23?. The molecule has 0 saturated carbocycles. The molecule has 0 bridgehead atoms. The van der Waals surface area contributed by atoms with Gasteiger partial charge in [0, 0.05) is 17.1 Å². The molecule has 0 aliphatic carbocycles. The fraction of sp³-hybridized carbons (Fsp3) is 0.120. The van der Waals surface area contributed by atoms with E-state index in [4.69, 9.17) is 10.1 Å². The van der Waals surface area contributed by atoms with Crippen LogP contribution in [0.5, 0.6) is 5.75 Å². The number of hydrogen-bond donors (Lipinski definition) is 1. The minimum absolute atomic E-state index is 0.0484. The lowest BCUT2D eigenvalue weighted by molar-refractivity contribution is -0.114. The Morgan fingerprint density at radius 1 is 1.12 bits per heavy atom. The number of carbonyl (C=O) groups excluding carboxylic acids is 1. The van der Waals surface area contributed by atoms with Crippen molar-refractivity contribution in [2.45, 2.75) is 13.8 Å². The second-order valence-corrected chi connectivity index (χ2v) is 8.80. The van der Waals surface area contributed by atoms with Gasteiger partial charge in [-0.1, -0.05) is 24.3 Å². The number of ether oxygens (including phenoxy) is 1. The molecule has 0 radical (unpaired) electrons. The highest BCUT2D eigenvalue weighted by Crippen LogP contribution is 2.30. The van der Waals surface area contributed by atoms with Gasteiger partial charge in [-0.2, -0.15) is 15.1 Å². The zero-order chi connectivity index (χ0) is 23.8. The molecule has 2 aromatic carbocycles. The molecule has 1 N–H and O–H groups in total. The highest BCUT2D eigenvalue weighted by molar-refractivity contribution is 8.27. The van der Waals surface area contributed by atoms with Gasteiger partial charge in [-0.05, 0) is 73.6 Å². The van der Waals surface area contributed by atoms with Crippen LogP contribution < -0.4 is 4.74 Å². The topological polar surface area (TPSA) is 83.0 Å². The molecular weight excluding hydrogens is 453 g/mol. The molecular formula is C25H20FN5O2S. The largest absolute Gasteiger partial charge is 0.487 e. The van der Waals surface area contributed by atoms with Crippen molar-refractivity contribution < 1.29 is 13.9 Å². The Labute approximate surface area is 199 Å². The van der Waals surface area contributed by atoms with E-state index in [-0.39, 0.29) is 23.8 Å². The summed E-state index contributed by atoms with van der Waals surface area (Å²) in [5.74, 6) is -0.169. The van der Waals surface area contributed by atoms with Crippen LogP contribution in [0.2, 0.25) is 0 Å². The Bertz CT molecular complexity index is 1410. The summed E-state index contributed by atoms with van der Waals surface area (Å²) < 4.78 is 21.4. The van der Waals surface area contributed by atoms with Crippen molar-refractivity contribution in [1.82, 2.24) is 9.58 Å². The number of amides is 1. The summed E-state index contributed by atoms with van der Waals surface area (Å²) in [5.41, 5.74) is 3.27. The SMILES string of the molecule is Cc1cc(/C=C2\C(=N)N3N=C(COc4ccccc4)SC3=NC2=O)c(C)n1-c1cccc(F)c1. The van der Waals surface area contributed by atoms with Gasteiger partial charge in [0.25, 0.3) is 5.91 Å². The first-order valence-electron chi connectivity index (χ1n) is 10.5. The fourth-order valence-corrected chi connectivity index (χ4v) is 4.65. The summed E-state index contributed by atoms with van der Waals surface area (Å²) in [6, 6.07) is 17.6. The lowest BCUT2D eigenvalue weighted by Gasteiger charge is -2.20. The number of hydrazone groups is 1. The van der Waals surface area contributed by atoms with Gasteiger partial charge in [0.15, 0.2) is 5.84 Å². The molecule has 0 atom stereocenters. The van der Waals surface area contributed by atoms with E-state index in [1.165, 1.54) is 28.9 Å². The van der Waals surface area contributed by atoms with E-state index in [1.807, 2.05) is 60.9 Å². The number of thioether (sulfide) groups is 1. The van der Waals surface area contributed by atoms with Crippen LogP contribution in [0.15, 0.2) is 76.3 Å². The second-order valence-electron chi connectivity index (χ2n) is 7.76. The minimum Gasteiger partial charge on any atom is -0.487 e. The van der Waals surface area contributed by atoms with Crippen molar-refractivity contribution >= 4 is 39.8 Å². The number of halogens is 1. The number of benzene rings is 2. The normalized spacial score (nSPS) is 16.6. The van der Waals surface area contributed by atoms with E-state index in [9.17, 15) is 9.18 Å². The van der Waals surface area contributed by atoms with Crippen LogP contribution in [0.3, 0.4) is 0 Å². The molecule has 9 heteroatoms. The van der Waals surface area contributed by atoms with Crippen LogP contribution in [0.1, 0.15) is 17.0 Å². The number of carbonyl (C=O) groups is 1. The predicted octanol–water partition coefficient (Wildman–Crippen LogP) is 4.93. The van der Waals surface area contributed by atoms with Crippen LogP contribution in [0.25, 0.3) is 11.8 Å². The van der Waals surface area contributed by atoms with Gasteiger partial charge < -0.3 is 9.30 Å². The minimum atomic E-state index is -0.500. The summed E-state index contributed by atoms with van der Waals surface area (Å²) in [4.78, 5) is 16.9. The Hall–Kier alpha value is -3.98. The summed E-state index contributed by atoms with van der Waals surface area (Å²) in [6.45, 7) is 4.00. The number of para-hydroxylation sites is 1. The molecule has 1 aromatic heterocycles. The third-order valence-corrected chi connectivity index (χ3v) is 6.32. The molecule has 0 spiro atoms. The van der Waals surface area contributed by atoms with Crippen molar-refractivity contribution in [3.63, 3.8) is 0 Å². The lowest BCUT2D eigenvalue weighted by atomic mass is 10.1. The Kier molecular flexibility index (Phi) is 5.62. The molecule has 34 heavy (non-hydrogen) atoms. The average Bonchev–Trinajstić information content (AvgIpc) is 3.35. The number of aryl methyl sites for hydroxylation is 1. The maximum atomic E-state index is 13.8. The molecule has 7 nitrogen and oxygen atoms in total. The van der Waals surface area contributed by atoms with Gasteiger partial charge in [-0.3, -0.25) is 10.2 Å². The van der Waals surface area contributed by atoms with E-state index in [0.717, 1.165) is 17.0 Å². The molecule has 2 aliphatic heterocycles. The maximum Gasteiger partial charge on any atom is 0.283 e. The van der Waals surface area contributed by atoms with E-state index >= 15 is 0 Å². The number of aliphatic imine (C=N–C) groups is 1. The van der Waals surface area contributed by atoms with Crippen molar-refractivity contribution in [3.8, 4) is 11.4 Å². The van der Waals surface area contributed by atoms with Crippen molar-refractivity contribution in [1.29, 1.82) is 5.41 Å². The number of rotatable bonds is 5. The monoisotopic (exact) mass is 473 g/mol. The van der Waals surface area contributed by atoms with Gasteiger partial charge >= 0.3 is 0 Å². The van der Waals surface area contributed by atoms with Gasteiger partial charge in [0.2, 0.25) is 5.17 Å². The number of hydrogen-bond acceptors (Lipinski definition) is 5. The van der Waals surface area contributed by atoms with E-state index in [1.54, 1.807) is 12.1 Å². The molecule has 2 aliphatic rings. The number of nitrogens with one attached hydrogen (secondary N) is 1. The Morgan fingerprint density at radius 3 is 2.68 bits per heavy atom. The van der Waals surface area contributed by atoms with Crippen LogP contribution in [0, 0.1) is 25.1 Å². The highest BCUT2D eigenvalue weighted by atomic mass is 32.2. The summed E-state index contributed by atoms with van der Waals surface area (Å²) in [6.07, 6.45) is 1.64. The van der Waals surface area contributed by atoms with Crippen molar-refractivity contribution in [2.24, 2.45) is 10.1 Å². The zero-order valence-electron chi connectivity index (χ0n) is 18.4. The molecule has 3 aromatic rings. The third kappa shape index (κ3) is 4.06. The van der Waals surface area contributed by atoms with E-state index < -0.39 is 5.91 Å². The molecule has 0 fully saturated rings. The molecule has 0 saturated heterocycles. The Balaban J connectivity index is 1.41. The lowest BCUT2D eigenvalue weighted by Crippen LogP contribution is -2.35. The number of amidine groups is 2. The quantitative estimate of drug-likeness (QED) is 0.533. The molecule has 0 unspecified atom stereocenters. The molecule has 5 rings (SSSR count). The summed E-state index contributed by atoms with van der Waals surface area (Å²) in [7, 11) is 0. The smallest absolute Gasteiger partial charge is 0.283 e. The van der Waals surface area contributed by atoms with Crippen LogP contribution in [0.4, 0.5) is 4.39 Å². The maximum absolute atomic E-state index is 13.8. The number of nitrogens with zero attached hydrogens (tertiary/aromatic N) is 4. The second kappa shape index (κ2) is 8.75. The summed E-state index contributed by atoms with van der Waals surface area (Å²) >= 11 is 1.21. The van der Waals surface area contributed by atoms with Gasteiger partial charge in [-0.15, -0.1) is 0 Å². The highest BCUT2D eigenvalue weighted by Gasteiger charge is 2.36.